The third kappa shape index (κ3) is 3.26. The number of hydrogen-bond acceptors (Lipinski definition) is 4. The molecule has 0 bridgehead atoms. The molecule has 1 heterocycles. The Morgan fingerprint density at radius 2 is 2.29 bits per heavy atom. The molecule has 1 aliphatic carbocycles. The van der Waals surface area contributed by atoms with Crippen LogP contribution in [-0.2, 0) is 6.54 Å². The predicted octanol–water partition coefficient (Wildman–Crippen LogP) is 1.73. The largest absolute Gasteiger partial charge is 0.391 e. The number of aliphatic hydroxyl groups is 1. The fourth-order valence-electron chi connectivity index (χ4n) is 2.47. The molecule has 6 nitrogen and oxygen atoms in total. The Balaban J connectivity index is 1.84. The predicted molar refractivity (Wildman–Crippen MR) is 61.5 cm³/mol. The van der Waals surface area contributed by atoms with E-state index in [4.69, 9.17) is 0 Å². The average molecular weight is 239 g/mol. The highest BCUT2D eigenvalue weighted by Crippen LogP contribution is 2.28. The van der Waals surface area contributed by atoms with E-state index < -0.39 is 11.0 Å². The number of aromatic nitrogens is 2. The van der Waals surface area contributed by atoms with Gasteiger partial charge in [0.1, 0.15) is 0 Å². The molecule has 0 aromatic carbocycles. The van der Waals surface area contributed by atoms with Gasteiger partial charge in [0.15, 0.2) is 0 Å². The van der Waals surface area contributed by atoms with Crippen LogP contribution in [0, 0.1) is 16.0 Å². The summed E-state index contributed by atoms with van der Waals surface area (Å²) < 4.78 is 1.44. The molecule has 17 heavy (non-hydrogen) atoms. The molecule has 94 valence electrons. The van der Waals surface area contributed by atoms with Crippen molar-refractivity contribution in [3.63, 3.8) is 0 Å². The maximum Gasteiger partial charge on any atom is 0.389 e. The molecule has 0 aliphatic heterocycles. The van der Waals surface area contributed by atoms with E-state index in [9.17, 15) is 15.2 Å². The lowest BCUT2D eigenvalue weighted by Crippen LogP contribution is -2.19. The zero-order valence-electron chi connectivity index (χ0n) is 9.66. The van der Waals surface area contributed by atoms with Crippen molar-refractivity contribution in [2.75, 3.05) is 0 Å². The van der Waals surface area contributed by atoms with Crippen molar-refractivity contribution in [1.82, 2.24) is 9.78 Å². The first-order valence-electron chi connectivity index (χ1n) is 6.01. The molecule has 1 fully saturated rings. The highest BCUT2D eigenvalue weighted by atomic mass is 16.6. The molecule has 0 spiro atoms. The van der Waals surface area contributed by atoms with Crippen LogP contribution >= 0.6 is 0 Å². The number of aliphatic hydroxyl groups excluding tert-OH is 1. The van der Waals surface area contributed by atoms with Gasteiger partial charge in [-0.2, -0.15) is 4.68 Å². The summed E-state index contributed by atoms with van der Waals surface area (Å²) in [6.07, 6.45) is 6.74. The molecular weight excluding hydrogens is 222 g/mol. The summed E-state index contributed by atoms with van der Waals surface area (Å²) in [5, 5.41) is 24.1. The Bertz CT molecular complexity index is 385. The first-order chi connectivity index (χ1) is 8.15. The number of hydrogen-bond donors (Lipinski definition) is 1. The molecule has 0 radical (unpaired) electrons. The zero-order valence-corrected chi connectivity index (χ0v) is 9.66. The smallest absolute Gasteiger partial charge is 0.389 e. The van der Waals surface area contributed by atoms with Crippen molar-refractivity contribution < 1.29 is 10.0 Å². The molecule has 1 aromatic rings. The Morgan fingerprint density at radius 3 is 2.88 bits per heavy atom. The van der Waals surface area contributed by atoms with Crippen LogP contribution in [0.15, 0.2) is 12.3 Å². The van der Waals surface area contributed by atoms with Crippen LogP contribution < -0.4 is 0 Å². The molecule has 1 atom stereocenters. The van der Waals surface area contributed by atoms with Gasteiger partial charge in [-0.25, -0.2) is 0 Å². The van der Waals surface area contributed by atoms with Gasteiger partial charge in [-0.05, 0) is 17.3 Å². The van der Waals surface area contributed by atoms with E-state index >= 15 is 0 Å². The van der Waals surface area contributed by atoms with Gasteiger partial charge < -0.3 is 15.2 Å². The van der Waals surface area contributed by atoms with Crippen molar-refractivity contribution in [3.05, 3.63) is 22.4 Å². The summed E-state index contributed by atoms with van der Waals surface area (Å²) in [5.41, 5.74) is 0. The van der Waals surface area contributed by atoms with Crippen molar-refractivity contribution in [3.8, 4) is 0 Å². The van der Waals surface area contributed by atoms with E-state index in [-0.39, 0.29) is 5.82 Å². The van der Waals surface area contributed by atoms with Crippen molar-refractivity contribution >= 4 is 5.82 Å². The van der Waals surface area contributed by atoms with Crippen molar-refractivity contribution in [1.29, 1.82) is 0 Å². The number of nitrogens with zero attached hydrogens (tertiary/aromatic N) is 3. The summed E-state index contributed by atoms with van der Waals surface area (Å²) in [7, 11) is 0. The molecule has 0 amide bonds. The Morgan fingerprint density at radius 1 is 1.59 bits per heavy atom. The highest BCUT2D eigenvalue weighted by molar-refractivity contribution is 5.13. The van der Waals surface area contributed by atoms with Gasteiger partial charge in [0.05, 0.1) is 30.0 Å². The van der Waals surface area contributed by atoms with E-state index in [0.717, 1.165) is 6.42 Å². The SMILES string of the molecule is O=[N+]([O-])c1ccn(CC(O)CC2CCCC2)n1. The van der Waals surface area contributed by atoms with Crippen LogP contribution in [0.2, 0.25) is 0 Å². The van der Waals surface area contributed by atoms with Gasteiger partial charge in [0.2, 0.25) is 0 Å². The molecule has 1 saturated carbocycles. The fraction of sp³-hybridized carbons (Fsp3) is 0.727. The highest BCUT2D eigenvalue weighted by Gasteiger charge is 2.20. The average Bonchev–Trinajstić information content (AvgIpc) is 2.88. The first-order valence-corrected chi connectivity index (χ1v) is 6.01. The minimum absolute atomic E-state index is 0.168. The van der Waals surface area contributed by atoms with E-state index in [1.54, 1.807) is 0 Å². The number of rotatable bonds is 5. The van der Waals surface area contributed by atoms with Crippen LogP contribution in [0.1, 0.15) is 32.1 Å². The topological polar surface area (TPSA) is 81.2 Å². The Kier molecular flexibility index (Phi) is 3.73. The second-order valence-electron chi connectivity index (χ2n) is 4.69. The molecule has 1 aliphatic rings. The van der Waals surface area contributed by atoms with Gasteiger partial charge >= 0.3 is 5.82 Å². The summed E-state index contributed by atoms with van der Waals surface area (Å²) in [6, 6.07) is 1.35. The second kappa shape index (κ2) is 5.27. The third-order valence-corrected chi connectivity index (χ3v) is 3.29. The van der Waals surface area contributed by atoms with Crippen molar-refractivity contribution in [2.45, 2.75) is 44.8 Å². The maximum absolute atomic E-state index is 10.4. The van der Waals surface area contributed by atoms with E-state index in [0.29, 0.717) is 12.5 Å². The van der Waals surface area contributed by atoms with Crippen molar-refractivity contribution in [2.24, 2.45) is 5.92 Å². The lowest BCUT2D eigenvalue weighted by molar-refractivity contribution is -0.389. The standard InChI is InChI=1S/C11H17N3O3/c15-10(7-9-3-1-2-4-9)8-13-6-5-11(12-13)14(16)17/h5-6,9-10,15H,1-4,7-8H2. The Labute approximate surface area is 99.4 Å². The summed E-state index contributed by atoms with van der Waals surface area (Å²) in [5.74, 6) is 0.439. The summed E-state index contributed by atoms with van der Waals surface area (Å²) >= 11 is 0. The van der Waals surface area contributed by atoms with Gasteiger partial charge in [-0.15, -0.1) is 0 Å². The normalized spacial score (nSPS) is 18.4. The van der Waals surface area contributed by atoms with Gasteiger partial charge in [-0.1, -0.05) is 25.7 Å². The van der Waals surface area contributed by atoms with Crippen LogP contribution in [0.5, 0.6) is 0 Å². The van der Waals surface area contributed by atoms with Crippen LogP contribution in [0.25, 0.3) is 0 Å². The molecule has 1 N–H and O–H groups in total. The quantitative estimate of drug-likeness (QED) is 0.626. The third-order valence-electron chi connectivity index (χ3n) is 3.29. The van der Waals surface area contributed by atoms with Gasteiger partial charge in [0, 0.05) is 0 Å². The summed E-state index contributed by atoms with van der Waals surface area (Å²) in [6.45, 7) is 0.338. The molecule has 0 saturated heterocycles. The Hall–Kier alpha value is -1.43. The first kappa shape index (κ1) is 12.0. The van der Waals surface area contributed by atoms with Gasteiger partial charge in [0.25, 0.3) is 0 Å². The second-order valence-corrected chi connectivity index (χ2v) is 4.69. The van der Waals surface area contributed by atoms with Gasteiger partial charge in [-0.3, -0.25) is 0 Å². The minimum atomic E-state index is -0.528. The lowest BCUT2D eigenvalue weighted by atomic mass is 10.0. The molecule has 1 unspecified atom stereocenters. The summed E-state index contributed by atoms with van der Waals surface area (Å²) in [4.78, 5) is 9.92. The fourth-order valence-corrected chi connectivity index (χ4v) is 2.47. The van der Waals surface area contributed by atoms with E-state index in [1.165, 1.54) is 42.6 Å². The van der Waals surface area contributed by atoms with Crippen LogP contribution in [-0.4, -0.2) is 25.9 Å². The number of nitro groups is 1. The minimum Gasteiger partial charge on any atom is -0.391 e. The maximum atomic E-state index is 10.4. The van der Waals surface area contributed by atoms with E-state index in [1.807, 2.05) is 0 Å². The molecule has 6 heteroatoms. The van der Waals surface area contributed by atoms with Crippen LogP contribution in [0.4, 0.5) is 5.82 Å². The van der Waals surface area contributed by atoms with Crippen LogP contribution in [0.3, 0.4) is 0 Å². The zero-order chi connectivity index (χ0) is 12.3. The van der Waals surface area contributed by atoms with E-state index in [2.05, 4.69) is 5.10 Å². The monoisotopic (exact) mass is 239 g/mol. The molecular formula is C11H17N3O3. The molecule has 2 rings (SSSR count). The lowest BCUT2D eigenvalue weighted by Gasteiger charge is -2.13. The molecule has 1 aromatic heterocycles.